The number of likely N-dealkylation sites (N-methyl/N-ethyl adjacent to an activating group) is 1. The third-order valence-electron chi connectivity index (χ3n) is 2.97. The minimum absolute atomic E-state index is 0.492. The molecule has 0 aliphatic carbocycles. The van der Waals surface area contributed by atoms with Gasteiger partial charge in [-0.25, -0.2) is 0 Å². The summed E-state index contributed by atoms with van der Waals surface area (Å²) in [6.07, 6.45) is -0.493. The number of aliphatic hydroxyl groups excluding tert-OH is 1. The van der Waals surface area contributed by atoms with Gasteiger partial charge in [0.15, 0.2) is 5.96 Å². The van der Waals surface area contributed by atoms with Crippen LogP contribution in [0.3, 0.4) is 0 Å². The Morgan fingerprint density at radius 2 is 2.12 bits per heavy atom. The van der Waals surface area contributed by atoms with E-state index in [-0.39, 0.29) is 0 Å². The van der Waals surface area contributed by atoms with Crippen LogP contribution in [-0.2, 0) is 0 Å². The van der Waals surface area contributed by atoms with Crippen molar-refractivity contribution in [3.8, 4) is 0 Å². The molecule has 4 nitrogen and oxygen atoms in total. The number of rotatable bonds is 3. The lowest BCUT2D eigenvalue weighted by molar-refractivity contribution is 0.180. The van der Waals surface area contributed by atoms with Gasteiger partial charge in [-0.2, -0.15) is 0 Å². The van der Waals surface area contributed by atoms with Crippen LogP contribution in [0.1, 0.15) is 17.2 Å². The fraction of sp³-hybridized carbons (Fsp3) is 0.462. The first-order valence-electron chi connectivity index (χ1n) is 5.91. The van der Waals surface area contributed by atoms with Gasteiger partial charge in [-0.05, 0) is 12.5 Å². The Morgan fingerprint density at radius 1 is 1.41 bits per heavy atom. The molecule has 0 aromatic heterocycles. The lowest BCUT2D eigenvalue weighted by atomic mass is 10.1. The van der Waals surface area contributed by atoms with Gasteiger partial charge in [-0.15, -0.1) is 0 Å². The number of aliphatic hydroxyl groups is 1. The van der Waals surface area contributed by atoms with E-state index in [4.69, 9.17) is 0 Å². The minimum atomic E-state index is -0.493. The van der Waals surface area contributed by atoms with Crippen molar-refractivity contribution < 1.29 is 5.11 Å². The second kappa shape index (κ2) is 5.19. The fourth-order valence-corrected chi connectivity index (χ4v) is 1.82. The maximum atomic E-state index is 10.0. The normalized spacial score (nSPS) is 16.9. The molecule has 1 heterocycles. The molecule has 0 fully saturated rings. The molecule has 0 saturated heterocycles. The number of nitrogens with one attached hydrogen (secondary N) is 1. The topological polar surface area (TPSA) is 47.9 Å². The van der Waals surface area contributed by atoms with Crippen LogP contribution in [0.4, 0.5) is 0 Å². The summed E-state index contributed by atoms with van der Waals surface area (Å²) in [5.74, 6) is 0.871. The molecule has 1 aromatic carbocycles. The van der Waals surface area contributed by atoms with E-state index in [2.05, 4.69) is 15.2 Å². The highest BCUT2D eigenvalue weighted by molar-refractivity contribution is 5.81. The van der Waals surface area contributed by atoms with Crippen molar-refractivity contribution in [2.24, 2.45) is 4.99 Å². The van der Waals surface area contributed by atoms with Crippen LogP contribution < -0.4 is 5.32 Å². The van der Waals surface area contributed by atoms with Gasteiger partial charge < -0.3 is 15.3 Å². The largest absolute Gasteiger partial charge is 0.387 e. The Hall–Kier alpha value is -1.55. The first kappa shape index (κ1) is 11.9. The predicted octanol–water partition coefficient (Wildman–Crippen LogP) is 0.919. The van der Waals surface area contributed by atoms with Crippen molar-refractivity contribution in [3.05, 3.63) is 35.4 Å². The maximum absolute atomic E-state index is 10.0. The first-order valence-corrected chi connectivity index (χ1v) is 5.91. The van der Waals surface area contributed by atoms with Gasteiger partial charge in [-0.1, -0.05) is 29.8 Å². The van der Waals surface area contributed by atoms with Crippen LogP contribution in [0.25, 0.3) is 0 Å². The Balaban J connectivity index is 1.89. The zero-order valence-corrected chi connectivity index (χ0v) is 10.3. The highest BCUT2D eigenvalue weighted by Crippen LogP contribution is 2.12. The minimum Gasteiger partial charge on any atom is -0.387 e. The van der Waals surface area contributed by atoms with Crippen molar-refractivity contribution >= 4 is 5.96 Å². The van der Waals surface area contributed by atoms with Gasteiger partial charge in [0.2, 0.25) is 0 Å². The standard InChI is InChI=1S/C13H19N3O/c1-10-3-5-11(6-4-10)12(17)9-15-13-14-7-8-16(13)2/h3-6,12,17H,7-9H2,1-2H3,(H,14,15)/t12-/m0/s1. The summed E-state index contributed by atoms with van der Waals surface area (Å²) < 4.78 is 0. The summed E-state index contributed by atoms with van der Waals surface area (Å²) in [4.78, 5) is 6.37. The van der Waals surface area contributed by atoms with Crippen molar-refractivity contribution in [2.75, 3.05) is 26.7 Å². The molecule has 0 spiro atoms. The van der Waals surface area contributed by atoms with Crippen LogP contribution in [0.15, 0.2) is 29.3 Å². The SMILES string of the molecule is Cc1ccc([C@@H](O)CNC2=NCCN2C)cc1. The molecule has 0 unspecified atom stereocenters. The summed E-state index contributed by atoms with van der Waals surface area (Å²) in [5.41, 5.74) is 2.14. The third kappa shape index (κ3) is 2.97. The number of aryl methyl sites for hydroxylation is 1. The zero-order valence-electron chi connectivity index (χ0n) is 10.3. The zero-order chi connectivity index (χ0) is 12.3. The quantitative estimate of drug-likeness (QED) is 0.816. The van der Waals surface area contributed by atoms with Crippen molar-refractivity contribution in [1.29, 1.82) is 0 Å². The van der Waals surface area contributed by atoms with Crippen molar-refractivity contribution in [3.63, 3.8) is 0 Å². The van der Waals surface area contributed by atoms with Gasteiger partial charge in [0, 0.05) is 20.1 Å². The van der Waals surface area contributed by atoms with E-state index in [1.807, 2.05) is 38.2 Å². The first-order chi connectivity index (χ1) is 8.16. The Morgan fingerprint density at radius 3 is 2.71 bits per heavy atom. The second-order valence-corrected chi connectivity index (χ2v) is 4.43. The van der Waals surface area contributed by atoms with Gasteiger partial charge in [0.1, 0.15) is 0 Å². The van der Waals surface area contributed by atoms with Crippen LogP contribution in [0.2, 0.25) is 0 Å². The highest BCUT2D eigenvalue weighted by atomic mass is 16.3. The highest BCUT2D eigenvalue weighted by Gasteiger charge is 2.14. The smallest absolute Gasteiger partial charge is 0.193 e. The maximum Gasteiger partial charge on any atom is 0.193 e. The second-order valence-electron chi connectivity index (χ2n) is 4.43. The molecule has 4 heteroatoms. The van der Waals surface area contributed by atoms with E-state index in [9.17, 15) is 5.11 Å². The molecule has 1 atom stereocenters. The molecule has 0 amide bonds. The number of guanidine groups is 1. The van der Waals surface area contributed by atoms with E-state index >= 15 is 0 Å². The summed E-state index contributed by atoms with van der Waals surface area (Å²) in [7, 11) is 2.00. The molecular formula is C13H19N3O. The van der Waals surface area contributed by atoms with Gasteiger partial charge in [0.25, 0.3) is 0 Å². The lowest BCUT2D eigenvalue weighted by Crippen LogP contribution is -2.37. The molecule has 1 aliphatic heterocycles. The number of hydrogen-bond acceptors (Lipinski definition) is 4. The number of aliphatic imine (C=N–C) groups is 1. The van der Waals surface area contributed by atoms with E-state index < -0.39 is 6.10 Å². The monoisotopic (exact) mass is 233 g/mol. The van der Waals surface area contributed by atoms with Crippen LogP contribution in [-0.4, -0.2) is 42.6 Å². The molecule has 0 bridgehead atoms. The van der Waals surface area contributed by atoms with Gasteiger partial charge in [-0.3, -0.25) is 4.99 Å². The van der Waals surface area contributed by atoms with Crippen LogP contribution in [0.5, 0.6) is 0 Å². The predicted molar refractivity (Wildman–Crippen MR) is 69.1 cm³/mol. The molecule has 17 heavy (non-hydrogen) atoms. The van der Waals surface area contributed by atoms with E-state index in [0.29, 0.717) is 6.54 Å². The Kier molecular flexibility index (Phi) is 3.64. The third-order valence-corrected chi connectivity index (χ3v) is 2.97. The molecule has 1 aromatic rings. The summed E-state index contributed by atoms with van der Waals surface area (Å²) in [6, 6.07) is 7.94. The molecule has 92 valence electrons. The molecular weight excluding hydrogens is 214 g/mol. The van der Waals surface area contributed by atoms with Crippen LogP contribution in [0, 0.1) is 6.92 Å². The van der Waals surface area contributed by atoms with E-state index in [0.717, 1.165) is 24.6 Å². The summed E-state index contributed by atoms with van der Waals surface area (Å²) >= 11 is 0. The van der Waals surface area contributed by atoms with Crippen molar-refractivity contribution in [2.45, 2.75) is 13.0 Å². The molecule has 2 rings (SSSR count). The lowest BCUT2D eigenvalue weighted by Gasteiger charge is -2.18. The molecule has 2 N–H and O–H groups in total. The molecule has 0 radical (unpaired) electrons. The number of benzene rings is 1. The van der Waals surface area contributed by atoms with Crippen LogP contribution >= 0.6 is 0 Å². The molecule has 1 aliphatic rings. The molecule has 0 saturated carbocycles. The Labute approximate surface area is 102 Å². The summed E-state index contributed by atoms with van der Waals surface area (Å²) in [5, 5.41) is 13.2. The van der Waals surface area contributed by atoms with Crippen molar-refractivity contribution in [1.82, 2.24) is 10.2 Å². The Bertz CT molecular complexity index is 400. The summed E-state index contributed by atoms with van der Waals surface area (Å²) in [6.45, 7) is 4.31. The number of hydrogen-bond donors (Lipinski definition) is 2. The van der Waals surface area contributed by atoms with Gasteiger partial charge in [0.05, 0.1) is 12.6 Å². The average Bonchev–Trinajstić information content (AvgIpc) is 2.73. The fourth-order valence-electron chi connectivity index (χ4n) is 1.82. The average molecular weight is 233 g/mol. The number of nitrogens with zero attached hydrogens (tertiary/aromatic N) is 2. The van der Waals surface area contributed by atoms with E-state index in [1.165, 1.54) is 5.56 Å². The van der Waals surface area contributed by atoms with Gasteiger partial charge >= 0.3 is 0 Å². The van der Waals surface area contributed by atoms with E-state index in [1.54, 1.807) is 0 Å².